The number of amides is 1. The Labute approximate surface area is 120 Å². The Morgan fingerprint density at radius 3 is 2.68 bits per heavy atom. The number of halogens is 2. The fourth-order valence-electron chi connectivity index (χ4n) is 2.23. The standard InChI is InChI=1S/C12H12Cl2N2O3/c1-7-3-2-4-15(7)12(17)8-5-9(13)11(14)10(6-8)16(18)19/h5-7H,2-4H2,1H3. The van der Waals surface area contributed by atoms with E-state index in [1.165, 1.54) is 12.1 Å². The molecule has 1 aliphatic heterocycles. The molecule has 1 unspecified atom stereocenters. The fraction of sp³-hybridized carbons (Fsp3) is 0.417. The van der Waals surface area contributed by atoms with E-state index >= 15 is 0 Å². The van der Waals surface area contributed by atoms with Crippen LogP contribution in [0.15, 0.2) is 12.1 Å². The van der Waals surface area contributed by atoms with Gasteiger partial charge in [0.15, 0.2) is 0 Å². The third kappa shape index (κ3) is 2.67. The maximum Gasteiger partial charge on any atom is 0.290 e. The summed E-state index contributed by atoms with van der Waals surface area (Å²) in [7, 11) is 0. The largest absolute Gasteiger partial charge is 0.336 e. The molecule has 0 saturated carbocycles. The van der Waals surface area contributed by atoms with Crippen molar-refractivity contribution in [2.45, 2.75) is 25.8 Å². The molecule has 102 valence electrons. The van der Waals surface area contributed by atoms with Crippen LogP contribution in [-0.2, 0) is 0 Å². The lowest BCUT2D eigenvalue weighted by Crippen LogP contribution is -2.33. The minimum absolute atomic E-state index is 0.0195. The minimum Gasteiger partial charge on any atom is -0.336 e. The summed E-state index contributed by atoms with van der Waals surface area (Å²) in [4.78, 5) is 24.2. The zero-order valence-electron chi connectivity index (χ0n) is 10.2. The number of likely N-dealkylation sites (tertiary alicyclic amines) is 1. The molecular weight excluding hydrogens is 291 g/mol. The van der Waals surface area contributed by atoms with Crippen molar-refractivity contribution in [2.24, 2.45) is 0 Å². The molecule has 0 bridgehead atoms. The molecular formula is C12H12Cl2N2O3. The molecule has 1 fully saturated rings. The lowest BCUT2D eigenvalue weighted by atomic mass is 10.1. The Bertz CT molecular complexity index is 548. The van der Waals surface area contributed by atoms with Crippen molar-refractivity contribution in [3.05, 3.63) is 37.9 Å². The third-order valence-electron chi connectivity index (χ3n) is 3.27. The first kappa shape index (κ1) is 14.1. The van der Waals surface area contributed by atoms with Crippen LogP contribution in [0, 0.1) is 10.1 Å². The molecule has 1 atom stereocenters. The fourth-order valence-corrected chi connectivity index (χ4v) is 2.62. The van der Waals surface area contributed by atoms with Crippen LogP contribution in [-0.4, -0.2) is 28.3 Å². The zero-order valence-corrected chi connectivity index (χ0v) is 11.7. The van der Waals surface area contributed by atoms with E-state index in [0.717, 1.165) is 12.8 Å². The van der Waals surface area contributed by atoms with Crippen LogP contribution >= 0.6 is 23.2 Å². The van der Waals surface area contributed by atoms with Gasteiger partial charge in [-0.15, -0.1) is 0 Å². The van der Waals surface area contributed by atoms with E-state index < -0.39 is 4.92 Å². The molecule has 7 heteroatoms. The molecule has 0 radical (unpaired) electrons. The number of hydrogen-bond donors (Lipinski definition) is 0. The molecule has 1 saturated heterocycles. The van der Waals surface area contributed by atoms with Crippen LogP contribution < -0.4 is 0 Å². The topological polar surface area (TPSA) is 63.5 Å². The molecule has 1 amide bonds. The van der Waals surface area contributed by atoms with Gasteiger partial charge in [-0.2, -0.15) is 0 Å². The average Bonchev–Trinajstić information content (AvgIpc) is 2.77. The molecule has 1 aromatic rings. The third-order valence-corrected chi connectivity index (χ3v) is 4.06. The van der Waals surface area contributed by atoms with Crippen molar-refractivity contribution < 1.29 is 9.72 Å². The van der Waals surface area contributed by atoms with Gasteiger partial charge in [0.1, 0.15) is 5.02 Å². The van der Waals surface area contributed by atoms with Gasteiger partial charge in [0, 0.05) is 24.2 Å². The van der Waals surface area contributed by atoms with Crippen LogP contribution in [0.1, 0.15) is 30.1 Å². The van der Waals surface area contributed by atoms with E-state index in [-0.39, 0.29) is 33.2 Å². The van der Waals surface area contributed by atoms with E-state index in [1.807, 2.05) is 6.92 Å². The molecule has 5 nitrogen and oxygen atoms in total. The van der Waals surface area contributed by atoms with Gasteiger partial charge in [-0.05, 0) is 25.8 Å². The number of hydrogen-bond acceptors (Lipinski definition) is 3. The minimum atomic E-state index is -0.640. The summed E-state index contributed by atoms with van der Waals surface area (Å²) >= 11 is 11.6. The molecule has 0 aliphatic carbocycles. The highest BCUT2D eigenvalue weighted by Gasteiger charge is 2.28. The van der Waals surface area contributed by atoms with Gasteiger partial charge in [0.25, 0.3) is 11.6 Å². The number of nitro groups is 1. The van der Waals surface area contributed by atoms with Crippen molar-refractivity contribution in [3.8, 4) is 0 Å². The summed E-state index contributed by atoms with van der Waals surface area (Å²) in [5, 5.41) is 10.8. The van der Waals surface area contributed by atoms with Crippen LogP contribution in [0.3, 0.4) is 0 Å². The van der Waals surface area contributed by atoms with Crippen LogP contribution in [0.2, 0.25) is 10.0 Å². The summed E-state index contributed by atoms with van der Waals surface area (Å²) in [5.41, 5.74) is -0.140. The average molecular weight is 303 g/mol. The zero-order chi connectivity index (χ0) is 14.2. The van der Waals surface area contributed by atoms with Crippen molar-refractivity contribution in [1.29, 1.82) is 0 Å². The summed E-state index contributed by atoms with van der Waals surface area (Å²) in [5.74, 6) is -0.244. The lowest BCUT2D eigenvalue weighted by molar-refractivity contribution is -0.384. The van der Waals surface area contributed by atoms with Crippen molar-refractivity contribution in [2.75, 3.05) is 6.54 Å². The number of rotatable bonds is 2. The normalized spacial score (nSPS) is 18.7. The highest BCUT2D eigenvalue weighted by molar-refractivity contribution is 6.43. The number of nitrogens with zero attached hydrogens (tertiary/aromatic N) is 2. The monoisotopic (exact) mass is 302 g/mol. The van der Waals surface area contributed by atoms with E-state index in [4.69, 9.17) is 23.2 Å². The SMILES string of the molecule is CC1CCCN1C(=O)c1cc(Cl)c(Cl)c([N+](=O)[O-])c1. The second-order valence-electron chi connectivity index (χ2n) is 4.54. The predicted octanol–water partition coefficient (Wildman–Crippen LogP) is 3.53. The number of carbonyl (C=O) groups excluding carboxylic acids is 1. The smallest absolute Gasteiger partial charge is 0.290 e. The molecule has 2 rings (SSSR count). The summed E-state index contributed by atoms with van der Waals surface area (Å²) < 4.78 is 0. The molecule has 19 heavy (non-hydrogen) atoms. The number of benzene rings is 1. The number of nitro benzene ring substituents is 1. The quantitative estimate of drug-likeness (QED) is 0.620. The first-order valence-electron chi connectivity index (χ1n) is 5.86. The number of carbonyl (C=O) groups is 1. The Kier molecular flexibility index (Phi) is 3.96. The lowest BCUT2D eigenvalue weighted by Gasteiger charge is -2.21. The van der Waals surface area contributed by atoms with Crippen molar-refractivity contribution in [1.82, 2.24) is 4.90 Å². The summed E-state index contributed by atoms with van der Waals surface area (Å²) in [6.45, 7) is 2.62. The Balaban J connectivity index is 2.40. The van der Waals surface area contributed by atoms with Crippen molar-refractivity contribution in [3.63, 3.8) is 0 Å². The molecule has 1 heterocycles. The summed E-state index contributed by atoms with van der Waals surface area (Å²) in [6, 6.07) is 2.70. The second kappa shape index (κ2) is 5.35. The van der Waals surface area contributed by atoms with Gasteiger partial charge in [0.05, 0.1) is 9.95 Å². The second-order valence-corrected chi connectivity index (χ2v) is 5.32. The van der Waals surface area contributed by atoms with Gasteiger partial charge >= 0.3 is 0 Å². The molecule has 0 N–H and O–H groups in total. The maximum absolute atomic E-state index is 12.3. The Morgan fingerprint density at radius 2 is 2.16 bits per heavy atom. The first-order valence-corrected chi connectivity index (χ1v) is 6.62. The van der Waals surface area contributed by atoms with Gasteiger partial charge in [-0.25, -0.2) is 0 Å². The van der Waals surface area contributed by atoms with Gasteiger partial charge < -0.3 is 4.90 Å². The summed E-state index contributed by atoms with van der Waals surface area (Å²) in [6.07, 6.45) is 1.88. The van der Waals surface area contributed by atoms with E-state index in [0.29, 0.717) is 6.54 Å². The molecule has 1 aliphatic rings. The molecule has 1 aromatic carbocycles. The maximum atomic E-state index is 12.3. The van der Waals surface area contributed by atoms with Crippen LogP contribution in [0.5, 0.6) is 0 Å². The molecule has 0 aromatic heterocycles. The van der Waals surface area contributed by atoms with E-state index in [1.54, 1.807) is 4.90 Å². The van der Waals surface area contributed by atoms with E-state index in [2.05, 4.69) is 0 Å². The Hall–Kier alpha value is -1.33. The first-order chi connectivity index (χ1) is 8.91. The van der Waals surface area contributed by atoms with Crippen molar-refractivity contribution >= 4 is 34.8 Å². The predicted molar refractivity (Wildman–Crippen MR) is 72.8 cm³/mol. The van der Waals surface area contributed by atoms with Gasteiger partial charge in [-0.1, -0.05) is 23.2 Å². The van der Waals surface area contributed by atoms with Gasteiger partial charge in [-0.3, -0.25) is 14.9 Å². The Morgan fingerprint density at radius 1 is 1.47 bits per heavy atom. The molecule has 0 spiro atoms. The highest BCUT2D eigenvalue weighted by atomic mass is 35.5. The highest BCUT2D eigenvalue weighted by Crippen LogP contribution is 2.34. The van der Waals surface area contributed by atoms with E-state index in [9.17, 15) is 14.9 Å². The van der Waals surface area contributed by atoms with Crippen LogP contribution in [0.25, 0.3) is 0 Å². The van der Waals surface area contributed by atoms with Gasteiger partial charge in [0.2, 0.25) is 0 Å². The van der Waals surface area contributed by atoms with Crippen LogP contribution in [0.4, 0.5) is 5.69 Å².